The summed E-state index contributed by atoms with van der Waals surface area (Å²) in [4.78, 5) is 4.36. The highest BCUT2D eigenvalue weighted by molar-refractivity contribution is 4.98. The predicted molar refractivity (Wildman–Crippen MR) is 54.6 cm³/mol. The molecule has 3 heteroatoms. The van der Waals surface area contributed by atoms with E-state index in [1.807, 2.05) is 12.4 Å². The molecule has 0 fully saturated rings. The summed E-state index contributed by atoms with van der Waals surface area (Å²) in [5, 5.41) is 0. The van der Waals surface area contributed by atoms with E-state index in [0.29, 0.717) is 5.92 Å². The number of hydrogen-bond acceptors (Lipinski definition) is 2. The van der Waals surface area contributed by atoms with Crippen LogP contribution in [0.4, 0.5) is 0 Å². The van der Waals surface area contributed by atoms with Crippen molar-refractivity contribution < 1.29 is 0 Å². The lowest BCUT2D eigenvalue weighted by atomic mass is 10.1. The van der Waals surface area contributed by atoms with Crippen LogP contribution in [0.1, 0.15) is 38.4 Å². The summed E-state index contributed by atoms with van der Waals surface area (Å²) in [6.45, 7) is 6.16. The summed E-state index contributed by atoms with van der Waals surface area (Å²) in [6, 6.07) is 0. The molecule has 0 aliphatic heterocycles. The van der Waals surface area contributed by atoms with E-state index in [4.69, 9.17) is 5.73 Å². The minimum absolute atomic E-state index is 0.478. The van der Waals surface area contributed by atoms with Crippen molar-refractivity contribution in [1.29, 1.82) is 0 Å². The molecule has 0 aliphatic carbocycles. The predicted octanol–water partition coefficient (Wildman–Crippen LogP) is 1.75. The van der Waals surface area contributed by atoms with Gasteiger partial charge in [-0.25, -0.2) is 4.98 Å². The summed E-state index contributed by atoms with van der Waals surface area (Å²) in [7, 11) is 0. The molecule has 1 unspecified atom stereocenters. The van der Waals surface area contributed by atoms with Crippen molar-refractivity contribution in [2.24, 2.45) is 5.73 Å². The Morgan fingerprint density at radius 1 is 1.62 bits per heavy atom. The maximum absolute atomic E-state index is 5.52. The third-order valence-electron chi connectivity index (χ3n) is 2.25. The lowest BCUT2D eigenvalue weighted by molar-refractivity contribution is 0.569. The van der Waals surface area contributed by atoms with Gasteiger partial charge in [0.25, 0.3) is 0 Å². The summed E-state index contributed by atoms with van der Waals surface area (Å²) in [5.74, 6) is 1.65. The molecule has 0 radical (unpaired) electrons. The van der Waals surface area contributed by atoms with E-state index >= 15 is 0 Å². The fraction of sp³-hybridized carbons (Fsp3) is 0.700. The zero-order valence-corrected chi connectivity index (χ0v) is 8.53. The number of aromatic nitrogens is 2. The highest BCUT2D eigenvalue weighted by atomic mass is 15.1. The van der Waals surface area contributed by atoms with Gasteiger partial charge >= 0.3 is 0 Å². The summed E-state index contributed by atoms with van der Waals surface area (Å²) >= 11 is 0. The van der Waals surface area contributed by atoms with Crippen molar-refractivity contribution in [3.63, 3.8) is 0 Å². The van der Waals surface area contributed by atoms with Crippen molar-refractivity contribution in [2.75, 3.05) is 6.54 Å². The molecule has 0 aromatic carbocycles. The molecule has 0 saturated carbocycles. The van der Waals surface area contributed by atoms with Crippen LogP contribution in [0.5, 0.6) is 0 Å². The van der Waals surface area contributed by atoms with Crippen LogP contribution in [0, 0.1) is 0 Å². The number of imidazole rings is 1. The zero-order chi connectivity index (χ0) is 9.68. The molecule has 3 nitrogen and oxygen atoms in total. The first-order valence-corrected chi connectivity index (χ1v) is 5.00. The smallest absolute Gasteiger partial charge is 0.111 e. The molecule has 1 aromatic rings. The van der Waals surface area contributed by atoms with Gasteiger partial charge in [0.2, 0.25) is 0 Å². The molecule has 2 N–H and O–H groups in total. The van der Waals surface area contributed by atoms with Crippen LogP contribution in [0.3, 0.4) is 0 Å². The molecule has 13 heavy (non-hydrogen) atoms. The molecule has 1 heterocycles. The van der Waals surface area contributed by atoms with Gasteiger partial charge in [0, 0.05) is 24.9 Å². The second-order valence-corrected chi connectivity index (χ2v) is 3.46. The van der Waals surface area contributed by atoms with E-state index < -0.39 is 0 Å². The van der Waals surface area contributed by atoms with Crippen molar-refractivity contribution in [3.8, 4) is 0 Å². The zero-order valence-electron chi connectivity index (χ0n) is 8.53. The first-order chi connectivity index (χ1) is 6.29. The van der Waals surface area contributed by atoms with E-state index in [2.05, 4.69) is 23.4 Å². The SMILES string of the molecule is CCCn1ccnc1C(C)CCN. The quantitative estimate of drug-likeness (QED) is 0.752. The van der Waals surface area contributed by atoms with Gasteiger partial charge in [-0.15, -0.1) is 0 Å². The van der Waals surface area contributed by atoms with Gasteiger partial charge in [-0.1, -0.05) is 13.8 Å². The Bertz CT molecular complexity index is 242. The molecular formula is C10H19N3. The maximum atomic E-state index is 5.52. The van der Waals surface area contributed by atoms with Crippen molar-refractivity contribution >= 4 is 0 Å². The van der Waals surface area contributed by atoms with Gasteiger partial charge in [0.05, 0.1) is 0 Å². The molecule has 0 aliphatic rings. The van der Waals surface area contributed by atoms with Crippen molar-refractivity contribution in [2.45, 2.75) is 39.2 Å². The van der Waals surface area contributed by atoms with Gasteiger partial charge in [0.15, 0.2) is 0 Å². The standard InChI is InChI=1S/C10H19N3/c1-3-7-13-8-6-12-10(13)9(2)4-5-11/h6,8-9H,3-5,7,11H2,1-2H3. The average Bonchev–Trinajstić information content (AvgIpc) is 2.54. The van der Waals surface area contributed by atoms with Crippen LogP contribution in [-0.4, -0.2) is 16.1 Å². The number of nitrogens with zero attached hydrogens (tertiary/aromatic N) is 2. The summed E-state index contributed by atoms with van der Waals surface area (Å²) < 4.78 is 2.22. The highest BCUT2D eigenvalue weighted by Gasteiger charge is 2.09. The Morgan fingerprint density at radius 3 is 3.00 bits per heavy atom. The first-order valence-electron chi connectivity index (χ1n) is 5.00. The summed E-state index contributed by atoms with van der Waals surface area (Å²) in [6.07, 6.45) is 6.09. The Hall–Kier alpha value is -0.830. The fourth-order valence-electron chi connectivity index (χ4n) is 1.56. The maximum Gasteiger partial charge on any atom is 0.111 e. The van der Waals surface area contributed by atoms with E-state index in [0.717, 1.165) is 25.9 Å². The van der Waals surface area contributed by atoms with Crippen molar-refractivity contribution in [1.82, 2.24) is 9.55 Å². The second kappa shape index (κ2) is 5.02. The monoisotopic (exact) mass is 181 g/mol. The van der Waals surface area contributed by atoms with E-state index in [1.165, 1.54) is 5.82 Å². The number of nitrogens with two attached hydrogens (primary N) is 1. The molecule has 74 valence electrons. The van der Waals surface area contributed by atoms with E-state index in [1.54, 1.807) is 0 Å². The normalized spacial score (nSPS) is 13.2. The lowest BCUT2D eigenvalue weighted by Crippen LogP contribution is -2.10. The molecular weight excluding hydrogens is 162 g/mol. The molecule has 0 saturated heterocycles. The highest BCUT2D eigenvalue weighted by Crippen LogP contribution is 2.16. The van der Waals surface area contributed by atoms with Gasteiger partial charge in [-0.3, -0.25) is 0 Å². The van der Waals surface area contributed by atoms with Crippen LogP contribution in [0.25, 0.3) is 0 Å². The van der Waals surface area contributed by atoms with E-state index in [9.17, 15) is 0 Å². The van der Waals surface area contributed by atoms with Crippen LogP contribution in [-0.2, 0) is 6.54 Å². The van der Waals surface area contributed by atoms with Crippen LogP contribution >= 0.6 is 0 Å². The Morgan fingerprint density at radius 2 is 2.38 bits per heavy atom. The Balaban J connectivity index is 2.68. The average molecular weight is 181 g/mol. The van der Waals surface area contributed by atoms with Crippen LogP contribution < -0.4 is 5.73 Å². The number of rotatable bonds is 5. The molecule has 0 amide bonds. The van der Waals surface area contributed by atoms with Gasteiger partial charge in [0.1, 0.15) is 5.82 Å². The van der Waals surface area contributed by atoms with Crippen molar-refractivity contribution in [3.05, 3.63) is 18.2 Å². The Labute approximate surface area is 80.0 Å². The first kappa shape index (κ1) is 10.3. The largest absolute Gasteiger partial charge is 0.335 e. The van der Waals surface area contributed by atoms with Gasteiger partial charge in [-0.2, -0.15) is 0 Å². The molecule has 0 spiro atoms. The molecule has 1 atom stereocenters. The van der Waals surface area contributed by atoms with Crippen LogP contribution in [0.15, 0.2) is 12.4 Å². The lowest BCUT2D eigenvalue weighted by Gasteiger charge is -2.12. The van der Waals surface area contributed by atoms with Gasteiger partial charge < -0.3 is 10.3 Å². The fourth-order valence-corrected chi connectivity index (χ4v) is 1.56. The third-order valence-corrected chi connectivity index (χ3v) is 2.25. The summed E-state index contributed by atoms with van der Waals surface area (Å²) in [5.41, 5.74) is 5.52. The molecule has 1 aromatic heterocycles. The minimum atomic E-state index is 0.478. The number of hydrogen-bond donors (Lipinski definition) is 1. The molecule has 1 rings (SSSR count). The van der Waals surface area contributed by atoms with Gasteiger partial charge in [-0.05, 0) is 19.4 Å². The number of aryl methyl sites for hydroxylation is 1. The Kier molecular flexibility index (Phi) is 3.96. The topological polar surface area (TPSA) is 43.8 Å². The molecule has 0 bridgehead atoms. The van der Waals surface area contributed by atoms with Crippen LogP contribution in [0.2, 0.25) is 0 Å². The van der Waals surface area contributed by atoms with E-state index in [-0.39, 0.29) is 0 Å². The minimum Gasteiger partial charge on any atom is -0.335 e. The second-order valence-electron chi connectivity index (χ2n) is 3.46. The third kappa shape index (κ3) is 2.56.